The van der Waals surface area contributed by atoms with Crippen LogP contribution >= 0.6 is 23.2 Å². The van der Waals surface area contributed by atoms with Crippen LogP contribution in [0.25, 0.3) is 10.9 Å². The number of carbonyl (C=O) groups is 2. The predicted molar refractivity (Wildman–Crippen MR) is 135 cm³/mol. The zero-order valence-corrected chi connectivity index (χ0v) is 22.1. The van der Waals surface area contributed by atoms with Crippen molar-refractivity contribution >= 4 is 46.0 Å². The predicted octanol–water partition coefficient (Wildman–Crippen LogP) is 6.21. The molecule has 0 unspecified atom stereocenters. The molecule has 1 aliphatic heterocycles. The molecule has 1 saturated heterocycles. The molecule has 0 saturated carbocycles. The zero-order chi connectivity index (χ0) is 27.1. The number of likely N-dealkylation sites (tertiary alicyclic amines) is 1. The molecule has 37 heavy (non-hydrogen) atoms. The van der Waals surface area contributed by atoms with E-state index in [1.54, 1.807) is 29.5 Å². The number of esters is 1. The molecule has 1 amide bonds. The van der Waals surface area contributed by atoms with Gasteiger partial charge >= 0.3 is 12.1 Å². The summed E-state index contributed by atoms with van der Waals surface area (Å²) in [5.74, 6) is -0.397. The third kappa shape index (κ3) is 5.57. The van der Waals surface area contributed by atoms with Crippen LogP contribution in [-0.2, 0) is 29.2 Å². The maximum absolute atomic E-state index is 13.3. The molecule has 1 aromatic carbocycles. The lowest BCUT2D eigenvalue weighted by molar-refractivity contribution is -0.142. The first-order chi connectivity index (χ1) is 17.4. The van der Waals surface area contributed by atoms with Gasteiger partial charge in [0.05, 0.1) is 23.3 Å². The third-order valence-electron chi connectivity index (χ3n) is 7.03. The molecule has 0 aliphatic carbocycles. The fourth-order valence-electron chi connectivity index (χ4n) is 4.82. The number of amides is 1. The summed E-state index contributed by atoms with van der Waals surface area (Å²) in [5, 5.41) is 0.976. The van der Waals surface area contributed by atoms with Gasteiger partial charge in [-0.15, -0.1) is 0 Å². The number of alkyl halides is 3. The summed E-state index contributed by atoms with van der Waals surface area (Å²) in [6, 6.07) is 4.05. The second kappa shape index (κ2) is 10.5. The van der Waals surface area contributed by atoms with Crippen LogP contribution in [0.1, 0.15) is 52.0 Å². The van der Waals surface area contributed by atoms with Crippen LogP contribution in [0.2, 0.25) is 10.2 Å². The highest BCUT2D eigenvalue weighted by atomic mass is 35.5. The monoisotopic (exact) mass is 555 g/mol. The summed E-state index contributed by atoms with van der Waals surface area (Å²) in [6.45, 7) is 2.58. The number of aryl methyl sites for hydroxylation is 2. The van der Waals surface area contributed by atoms with Gasteiger partial charge in [0, 0.05) is 61.3 Å². The van der Waals surface area contributed by atoms with Crippen molar-refractivity contribution in [3.05, 3.63) is 62.5 Å². The molecule has 11 heteroatoms. The lowest BCUT2D eigenvalue weighted by Gasteiger charge is -2.31. The van der Waals surface area contributed by atoms with Gasteiger partial charge in [-0.1, -0.05) is 23.2 Å². The van der Waals surface area contributed by atoms with Crippen molar-refractivity contribution in [3.8, 4) is 0 Å². The maximum Gasteiger partial charge on any atom is 0.416 e. The van der Waals surface area contributed by atoms with Crippen molar-refractivity contribution < 1.29 is 27.5 Å². The Morgan fingerprint density at radius 2 is 1.84 bits per heavy atom. The molecule has 4 rings (SSSR count). The normalized spacial score (nSPS) is 14.9. The molecule has 198 valence electrons. The van der Waals surface area contributed by atoms with Gasteiger partial charge in [0.2, 0.25) is 0 Å². The minimum Gasteiger partial charge on any atom is -0.469 e. The Bertz CT molecular complexity index is 1360. The van der Waals surface area contributed by atoms with Crippen LogP contribution in [0.5, 0.6) is 0 Å². The number of methoxy groups -OCH3 is 1. The van der Waals surface area contributed by atoms with Gasteiger partial charge in [-0.05, 0) is 49.4 Å². The zero-order valence-electron chi connectivity index (χ0n) is 20.6. The van der Waals surface area contributed by atoms with E-state index in [4.69, 9.17) is 27.9 Å². The Kier molecular flexibility index (Phi) is 7.76. The summed E-state index contributed by atoms with van der Waals surface area (Å²) in [4.78, 5) is 30.7. The van der Waals surface area contributed by atoms with Crippen LogP contribution < -0.4 is 0 Å². The van der Waals surface area contributed by atoms with E-state index in [-0.39, 0.29) is 40.0 Å². The van der Waals surface area contributed by atoms with E-state index in [1.165, 1.54) is 13.3 Å². The number of aromatic nitrogens is 2. The molecule has 1 fully saturated rings. The highest BCUT2D eigenvalue weighted by Gasteiger charge is 2.32. The summed E-state index contributed by atoms with van der Waals surface area (Å²) >= 11 is 13.0. The molecular weight excluding hydrogens is 530 g/mol. The minimum atomic E-state index is -4.46. The molecule has 0 radical (unpaired) electrons. The molecule has 0 bridgehead atoms. The van der Waals surface area contributed by atoms with Crippen molar-refractivity contribution in [2.24, 2.45) is 13.0 Å². The van der Waals surface area contributed by atoms with E-state index >= 15 is 0 Å². The topological polar surface area (TPSA) is 64.4 Å². The average molecular weight is 556 g/mol. The fraction of sp³-hybridized carbons (Fsp3) is 0.423. The van der Waals surface area contributed by atoms with Crippen molar-refractivity contribution in [2.45, 2.75) is 38.8 Å². The van der Waals surface area contributed by atoms with Crippen LogP contribution in [0.3, 0.4) is 0 Å². The molecule has 2 aromatic heterocycles. The lowest BCUT2D eigenvalue weighted by atomic mass is 9.93. The molecule has 0 spiro atoms. The van der Waals surface area contributed by atoms with E-state index in [2.05, 4.69) is 4.98 Å². The molecule has 0 atom stereocenters. The lowest BCUT2D eigenvalue weighted by Crippen LogP contribution is -2.39. The Balaban J connectivity index is 1.59. The molecule has 6 nitrogen and oxygen atoms in total. The molecule has 3 heterocycles. The van der Waals surface area contributed by atoms with Gasteiger partial charge in [-0.25, -0.2) is 4.98 Å². The minimum absolute atomic E-state index is 0.122. The Morgan fingerprint density at radius 3 is 2.46 bits per heavy atom. The highest BCUT2D eigenvalue weighted by Crippen LogP contribution is 2.36. The van der Waals surface area contributed by atoms with Gasteiger partial charge in [-0.3, -0.25) is 9.59 Å². The summed E-state index contributed by atoms with van der Waals surface area (Å²) in [7, 11) is 3.03. The number of rotatable bonds is 5. The number of hydrogen-bond acceptors (Lipinski definition) is 4. The highest BCUT2D eigenvalue weighted by molar-refractivity contribution is 6.37. The number of fused-ring (bicyclic) bond motifs is 1. The summed E-state index contributed by atoms with van der Waals surface area (Å²) in [6.07, 6.45) is -1.27. The number of nitrogens with zero attached hydrogens (tertiary/aromatic N) is 3. The van der Waals surface area contributed by atoms with Crippen molar-refractivity contribution in [2.75, 3.05) is 20.2 Å². The van der Waals surface area contributed by atoms with Gasteiger partial charge in [0.1, 0.15) is 5.15 Å². The molecule has 1 aliphatic rings. The average Bonchev–Trinajstić information content (AvgIpc) is 3.17. The SMILES string of the molecule is COC(=O)CC1CCN(C(=O)c2cnc(Cl)c(Cc3cc4c(C)cc(C(F)(F)F)cc4n3C)c2Cl)CC1. The van der Waals surface area contributed by atoms with E-state index in [0.29, 0.717) is 60.1 Å². The molecule has 3 aromatic rings. The number of pyridine rings is 1. The van der Waals surface area contributed by atoms with Crippen molar-refractivity contribution in [1.82, 2.24) is 14.5 Å². The van der Waals surface area contributed by atoms with Gasteiger partial charge < -0.3 is 14.2 Å². The van der Waals surface area contributed by atoms with Crippen LogP contribution in [-0.4, -0.2) is 46.5 Å². The van der Waals surface area contributed by atoms with E-state index in [1.807, 2.05) is 0 Å². The Labute approximate surface area is 222 Å². The quantitative estimate of drug-likeness (QED) is 0.277. The fourth-order valence-corrected chi connectivity index (χ4v) is 5.36. The van der Waals surface area contributed by atoms with Crippen molar-refractivity contribution in [1.29, 1.82) is 0 Å². The summed E-state index contributed by atoms with van der Waals surface area (Å²) in [5.41, 5.74) is 1.53. The number of hydrogen-bond donors (Lipinski definition) is 0. The second-order valence-corrected chi connectivity index (χ2v) is 10.1. The van der Waals surface area contributed by atoms with E-state index in [9.17, 15) is 22.8 Å². The largest absolute Gasteiger partial charge is 0.469 e. The maximum atomic E-state index is 13.3. The van der Waals surface area contributed by atoms with Crippen LogP contribution in [0, 0.1) is 12.8 Å². The third-order valence-corrected chi connectivity index (χ3v) is 7.78. The number of piperidine rings is 1. The van der Waals surface area contributed by atoms with E-state index < -0.39 is 11.7 Å². The van der Waals surface area contributed by atoms with Gasteiger partial charge in [0.15, 0.2) is 0 Å². The first-order valence-electron chi connectivity index (χ1n) is 11.8. The standard InChI is InChI=1S/C26H26Cl2F3N3O3/c1-14-8-16(26(29,30)31)10-21-18(14)11-17(33(21)2)12-19-23(27)20(13-32-24(19)28)25(36)34-6-4-15(5-7-34)9-22(35)37-3/h8,10-11,13,15H,4-7,9,12H2,1-3H3. The van der Waals surface area contributed by atoms with Gasteiger partial charge in [0.25, 0.3) is 5.91 Å². The van der Waals surface area contributed by atoms with E-state index in [0.717, 1.165) is 12.1 Å². The number of halogens is 5. The van der Waals surface area contributed by atoms with Crippen LogP contribution in [0.15, 0.2) is 24.4 Å². The first-order valence-corrected chi connectivity index (χ1v) is 12.5. The number of ether oxygens (including phenoxy) is 1. The van der Waals surface area contributed by atoms with Crippen LogP contribution in [0.4, 0.5) is 13.2 Å². The molecular formula is C26H26Cl2F3N3O3. The number of carbonyl (C=O) groups excluding carboxylic acids is 2. The smallest absolute Gasteiger partial charge is 0.416 e. The second-order valence-electron chi connectivity index (χ2n) is 9.37. The summed E-state index contributed by atoms with van der Waals surface area (Å²) < 4.78 is 46.4. The number of benzene rings is 1. The van der Waals surface area contributed by atoms with Crippen molar-refractivity contribution in [3.63, 3.8) is 0 Å². The molecule has 0 N–H and O–H groups in total. The van der Waals surface area contributed by atoms with Gasteiger partial charge in [-0.2, -0.15) is 13.2 Å². The Morgan fingerprint density at radius 1 is 1.16 bits per heavy atom. The Hall–Kier alpha value is -2.78. The first kappa shape index (κ1) is 27.3.